The molecule has 21 heavy (non-hydrogen) atoms. The summed E-state index contributed by atoms with van der Waals surface area (Å²) >= 11 is 0. The van der Waals surface area contributed by atoms with E-state index in [0.717, 1.165) is 24.5 Å². The Labute approximate surface area is 125 Å². The summed E-state index contributed by atoms with van der Waals surface area (Å²) < 4.78 is 1.78. The van der Waals surface area contributed by atoms with E-state index in [2.05, 4.69) is 41.3 Å². The van der Waals surface area contributed by atoms with Crippen LogP contribution in [0.5, 0.6) is 0 Å². The highest BCUT2D eigenvalue weighted by atomic mass is 15.5. The van der Waals surface area contributed by atoms with Crippen LogP contribution in [0.4, 0.5) is 0 Å². The molecule has 0 saturated carbocycles. The topological polar surface area (TPSA) is 72.9 Å². The maximum Gasteiger partial charge on any atom is 0.170 e. The van der Waals surface area contributed by atoms with Crippen LogP contribution in [0.2, 0.25) is 0 Å². The molecule has 1 unspecified atom stereocenters. The van der Waals surface area contributed by atoms with Gasteiger partial charge in [0.25, 0.3) is 0 Å². The fourth-order valence-electron chi connectivity index (χ4n) is 2.10. The molecule has 2 N–H and O–H groups in total. The average molecular weight is 288 g/mol. The van der Waals surface area contributed by atoms with Gasteiger partial charge in [-0.3, -0.25) is 4.90 Å². The first-order valence-corrected chi connectivity index (χ1v) is 7.34. The minimum atomic E-state index is 0.234. The molecule has 0 aliphatic heterocycles. The molecule has 0 amide bonds. The lowest BCUT2D eigenvalue weighted by Crippen LogP contribution is -2.32. The van der Waals surface area contributed by atoms with Crippen LogP contribution in [0.3, 0.4) is 0 Å². The first-order chi connectivity index (χ1) is 10.1. The summed E-state index contributed by atoms with van der Waals surface area (Å²) in [6.07, 6.45) is 0.973. The van der Waals surface area contributed by atoms with Gasteiger partial charge in [-0.2, -0.15) is 4.68 Å². The highest BCUT2D eigenvalue weighted by Gasteiger charge is 2.13. The molecule has 1 atom stereocenters. The predicted octanol–water partition coefficient (Wildman–Crippen LogP) is 1.47. The molecule has 0 fully saturated rings. The number of benzene rings is 1. The molecule has 2 rings (SSSR count). The summed E-state index contributed by atoms with van der Waals surface area (Å²) in [4.78, 5) is 2.20. The van der Waals surface area contributed by atoms with Gasteiger partial charge in [0.2, 0.25) is 0 Å². The van der Waals surface area contributed by atoms with Crippen LogP contribution in [0.15, 0.2) is 30.3 Å². The van der Waals surface area contributed by atoms with E-state index in [1.54, 1.807) is 4.68 Å². The number of nitrogens with two attached hydrogens (primary N) is 1. The molecule has 0 spiro atoms. The van der Waals surface area contributed by atoms with Crippen molar-refractivity contribution in [1.29, 1.82) is 0 Å². The number of tetrazole rings is 1. The van der Waals surface area contributed by atoms with Gasteiger partial charge in [-0.25, -0.2) is 0 Å². The molecule has 1 aromatic heterocycles. The van der Waals surface area contributed by atoms with Crippen molar-refractivity contribution in [2.45, 2.75) is 32.9 Å². The van der Waals surface area contributed by atoms with Crippen LogP contribution in [-0.2, 0) is 6.54 Å². The third-order valence-electron chi connectivity index (χ3n) is 3.65. The van der Waals surface area contributed by atoms with Gasteiger partial charge < -0.3 is 5.73 Å². The summed E-state index contributed by atoms with van der Waals surface area (Å²) in [5.41, 5.74) is 7.06. The van der Waals surface area contributed by atoms with E-state index < -0.39 is 0 Å². The van der Waals surface area contributed by atoms with Crippen molar-refractivity contribution in [3.63, 3.8) is 0 Å². The van der Waals surface area contributed by atoms with E-state index in [0.29, 0.717) is 12.5 Å². The van der Waals surface area contributed by atoms with E-state index in [1.807, 2.05) is 30.3 Å². The first kappa shape index (κ1) is 15.6. The molecule has 6 heteroatoms. The fraction of sp³-hybridized carbons (Fsp3) is 0.533. The maximum atomic E-state index is 6.09. The smallest absolute Gasteiger partial charge is 0.170 e. The molecule has 1 heterocycles. The average Bonchev–Trinajstić information content (AvgIpc) is 2.93. The Hall–Kier alpha value is -1.79. The normalized spacial score (nSPS) is 13.0. The molecular formula is C15H24N6. The Balaban J connectivity index is 1.96. The SMILES string of the molecule is CC(C)C(N)CCN(C)Cc1nnnn1-c1ccccc1. The fourth-order valence-corrected chi connectivity index (χ4v) is 2.10. The minimum Gasteiger partial charge on any atom is -0.327 e. The molecular weight excluding hydrogens is 264 g/mol. The lowest BCUT2D eigenvalue weighted by molar-refractivity contribution is 0.288. The zero-order valence-electron chi connectivity index (χ0n) is 13.0. The van der Waals surface area contributed by atoms with Crippen LogP contribution >= 0.6 is 0 Å². The Morgan fingerprint density at radius 3 is 2.62 bits per heavy atom. The molecule has 6 nitrogen and oxygen atoms in total. The molecule has 0 aliphatic rings. The Kier molecular flexibility index (Phi) is 5.41. The molecule has 0 aliphatic carbocycles. The summed E-state index contributed by atoms with van der Waals surface area (Å²) in [5, 5.41) is 12.0. The molecule has 2 aromatic rings. The lowest BCUT2D eigenvalue weighted by atomic mass is 10.0. The van der Waals surface area contributed by atoms with Crippen LogP contribution < -0.4 is 5.73 Å². The lowest BCUT2D eigenvalue weighted by Gasteiger charge is -2.20. The molecule has 0 bridgehead atoms. The van der Waals surface area contributed by atoms with Gasteiger partial charge in [-0.1, -0.05) is 32.0 Å². The summed E-state index contributed by atoms with van der Waals surface area (Å²) in [6.45, 7) is 5.94. The van der Waals surface area contributed by atoms with Crippen molar-refractivity contribution < 1.29 is 0 Å². The molecule has 114 valence electrons. The van der Waals surface area contributed by atoms with Crippen LogP contribution in [0.25, 0.3) is 5.69 Å². The maximum absolute atomic E-state index is 6.09. The highest BCUT2D eigenvalue weighted by Crippen LogP contribution is 2.09. The summed E-state index contributed by atoms with van der Waals surface area (Å²) in [6, 6.07) is 10.2. The second-order valence-electron chi connectivity index (χ2n) is 5.78. The van der Waals surface area contributed by atoms with Crippen LogP contribution in [0.1, 0.15) is 26.1 Å². The van der Waals surface area contributed by atoms with E-state index in [1.165, 1.54) is 0 Å². The number of hydrogen-bond donors (Lipinski definition) is 1. The van der Waals surface area contributed by atoms with Crippen molar-refractivity contribution in [1.82, 2.24) is 25.1 Å². The molecule has 0 saturated heterocycles. The van der Waals surface area contributed by atoms with Crippen molar-refractivity contribution in [2.75, 3.05) is 13.6 Å². The third-order valence-corrected chi connectivity index (χ3v) is 3.65. The largest absolute Gasteiger partial charge is 0.327 e. The Morgan fingerprint density at radius 1 is 1.24 bits per heavy atom. The van der Waals surface area contributed by atoms with Crippen molar-refractivity contribution in [2.24, 2.45) is 11.7 Å². The highest BCUT2D eigenvalue weighted by molar-refractivity contribution is 5.30. The zero-order chi connectivity index (χ0) is 15.2. The van der Waals surface area contributed by atoms with Gasteiger partial charge in [0.05, 0.1) is 12.2 Å². The second kappa shape index (κ2) is 7.28. The van der Waals surface area contributed by atoms with Crippen molar-refractivity contribution in [3.05, 3.63) is 36.2 Å². The molecule has 1 aromatic carbocycles. The number of para-hydroxylation sites is 1. The van der Waals surface area contributed by atoms with Crippen molar-refractivity contribution in [3.8, 4) is 5.69 Å². The van der Waals surface area contributed by atoms with E-state index in [9.17, 15) is 0 Å². The predicted molar refractivity (Wildman–Crippen MR) is 82.9 cm³/mol. The molecule has 0 radical (unpaired) electrons. The summed E-state index contributed by atoms with van der Waals surface area (Å²) in [5.74, 6) is 1.34. The van der Waals surface area contributed by atoms with Crippen LogP contribution in [-0.4, -0.2) is 44.7 Å². The van der Waals surface area contributed by atoms with E-state index in [-0.39, 0.29) is 6.04 Å². The van der Waals surface area contributed by atoms with Gasteiger partial charge in [0, 0.05) is 6.04 Å². The quantitative estimate of drug-likeness (QED) is 0.835. The number of nitrogens with zero attached hydrogens (tertiary/aromatic N) is 5. The van der Waals surface area contributed by atoms with Crippen molar-refractivity contribution >= 4 is 0 Å². The van der Waals surface area contributed by atoms with Gasteiger partial charge in [0.15, 0.2) is 5.82 Å². The van der Waals surface area contributed by atoms with Gasteiger partial charge in [0.1, 0.15) is 0 Å². The number of aromatic nitrogens is 4. The third kappa shape index (κ3) is 4.34. The van der Waals surface area contributed by atoms with E-state index >= 15 is 0 Å². The standard InChI is InChI=1S/C15H24N6/c1-12(2)14(16)9-10-20(3)11-15-17-18-19-21(15)13-7-5-4-6-8-13/h4-8,12,14H,9-11,16H2,1-3H3. The Bertz CT molecular complexity index is 536. The van der Waals surface area contributed by atoms with Crippen LogP contribution in [0, 0.1) is 5.92 Å². The monoisotopic (exact) mass is 288 g/mol. The number of rotatable bonds is 7. The first-order valence-electron chi connectivity index (χ1n) is 7.34. The van der Waals surface area contributed by atoms with Gasteiger partial charge in [-0.05, 0) is 48.5 Å². The second-order valence-corrected chi connectivity index (χ2v) is 5.78. The Morgan fingerprint density at radius 2 is 1.95 bits per heavy atom. The minimum absolute atomic E-state index is 0.234. The summed E-state index contributed by atoms with van der Waals surface area (Å²) in [7, 11) is 2.07. The zero-order valence-corrected chi connectivity index (χ0v) is 13.0. The number of hydrogen-bond acceptors (Lipinski definition) is 5. The van der Waals surface area contributed by atoms with Gasteiger partial charge in [-0.15, -0.1) is 5.10 Å². The van der Waals surface area contributed by atoms with E-state index in [4.69, 9.17) is 5.73 Å². The van der Waals surface area contributed by atoms with Gasteiger partial charge >= 0.3 is 0 Å².